The molecule has 1 aromatic heterocycles. The lowest BCUT2D eigenvalue weighted by Crippen LogP contribution is -2.44. The second-order valence-electron chi connectivity index (χ2n) is 7.47. The van der Waals surface area contributed by atoms with Crippen LogP contribution in [0, 0.1) is 0 Å². The van der Waals surface area contributed by atoms with Gasteiger partial charge in [-0.15, -0.1) is 0 Å². The highest BCUT2D eigenvalue weighted by Gasteiger charge is 2.15. The zero-order chi connectivity index (χ0) is 20.6. The van der Waals surface area contributed by atoms with Crippen molar-refractivity contribution in [2.45, 2.75) is 20.0 Å². The van der Waals surface area contributed by atoms with Crippen LogP contribution in [0.4, 0.5) is 5.82 Å². The van der Waals surface area contributed by atoms with Crippen molar-refractivity contribution in [3.8, 4) is 0 Å². The number of halogens is 1. The highest BCUT2D eigenvalue weighted by molar-refractivity contribution is 6.30. The zero-order valence-electron chi connectivity index (χ0n) is 17.6. The minimum Gasteiger partial charge on any atom is -0.357 e. The van der Waals surface area contributed by atoms with Gasteiger partial charge in [0, 0.05) is 57.5 Å². The van der Waals surface area contributed by atoms with Gasteiger partial charge in [0.05, 0.1) is 6.54 Å². The van der Waals surface area contributed by atoms with Gasteiger partial charge in [0.1, 0.15) is 5.82 Å². The van der Waals surface area contributed by atoms with Crippen molar-refractivity contribution in [3.05, 3.63) is 58.7 Å². The normalized spacial score (nSPS) is 15.4. The molecule has 1 aliphatic rings. The molecule has 2 heterocycles. The summed E-state index contributed by atoms with van der Waals surface area (Å²) >= 11 is 6.12. The minimum atomic E-state index is 0.617. The summed E-state index contributed by atoms with van der Waals surface area (Å²) in [5.74, 6) is 1.92. The highest BCUT2D eigenvalue weighted by atomic mass is 35.5. The summed E-state index contributed by atoms with van der Waals surface area (Å²) in [6.07, 6.45) is 1.89. The lowest BCUT2D eigenvalue weighted by atomic mass is 10.2. The summed E-state index contributed by atoms with van der Waals surface area (Å²) < 4.78 is 0. The van der Waals surface area contributed by atoms with Gasteiger partial charge in [0.15, 0.2) is 5.96 Å². The molecular weight excluding hydrogens is 384 g/mol. The van der Waals surface area contributed by atoms with Crippen LogP contribution in [0.2, 0.25) is 5.02 Å². The SMILES string of the molecule is CCNC(=NCc1ccnc(N2CCN(C)CC2)c1)N(C)Cc1cccc(Cl)c1. The Morgan fingerprint density at radius 1 is 1.17 bits per heavy atom. The second kappa shape index (κ2) is 10.5. The van der Waals surface area contributed by atoms with Crippen molar-refractivity contribution in [3.63, 3.8) is 0 Å². The molecule has 7 heteroatoms. The smallest absolute Gasteiger partial charge is 0.194 e. The van der Waals surface area contributed by atoms with Crippen molar-refractivity contribution < 1.29 is 0 Å². The number of rotatable bonds is 6. The number of hydrogen-bond donors (Lipinski definition) is 1. The van der Waals surface area contributed by atoms with E-state index in [0.717, 1.165) is 61.6 Å². The molecule has 0 saturated carbocycles. The van der Waals surface area contributed by atoms with Gasteiger partial charge in [-0.25, -0.2) is 9.98 Å². The van der Waals surface area contributed by atoms with Gasteiger partial charge in [0.2, 0.25) is 0 Å². The Bertz CT molecular complexity index is 816. The summed E-state index contributed by atoms with van der Waals surface area (Å²) in [5.41, 5.74) is 2.33. The summed E-state index contributed by atoms with van der Waals surface area (Å²) in [7, 11) is 4.21. The third-order valence-electron chi connectivity index (χ3n) is 5.05. The first-order valence-corrected chi connectivity index (χ1v) is 10.5. The van der Waals surface area contributed by atoms with E-state index in [1.165, 1.54) is 5.56 Å². The third-order valence-corrected chi connectivity index (χ3v) is 5.29. The largest absolute Gasteiger partial charge is 0.357 e. The standard InChI is InChI=1S/C22H31ClN6/c1-4-24-22(28(3)17-19-6-5-7-20(23)14-19)26-16-18-8-9-25-21(15-18)29-12-10-27(2)11-13-29/h5-9,14-15H,4,10-13,16-17H2,1-3H3,(H,24,26). The minimum absolute atomic E-state index is 0.617. The van der Waals surface area contributed by atoms with E-state index in [0.29, 0.717) is 6.54 Å². The summed E-state index contributed by atoms with van der Waals surface area (Å²) in [5, 5.41) is 4.14. The van der Waals surface area contributed by atoms with Crippen molar-refractivity contribution in [2.24, 2.45) is 4.99 Å². The molecule has 1 aliphatic heterocycles. The maximum Gasteiger partial charge on any atom is 0.194 e. The molecule has 1 aromatic carbocycles. The van der Waals surface area contributed by atoms with Gasteiger partial charge in [-0.05, 0) is 49.4 Å². The number of guanidine groups is 1. The fourth-order valence-electron chi connectivity index (χ4n) is 3.39. The Labute approximate surface area is 179 Å². The summed E-state index contributed by atoms with van der Waals surface area (Å²) in [6, 6.07) is 12.2. The molecule has 0 amide bonds. The fraction of sp³-hybridized carbons (Fsp3) is 0.455. The van der Waals surface area contributed by atoms with Crippen LogP contribution < -0.4 is 10.2 Å². The topological polar surface area (TPSA) is 47.0 Å². The van der Waals surface area contributed by atoms with E-state index in [2.05, 4.69) is 51.1 Å². The Morgan fingerprint density at radius 3 is 2.69 bits per heavy atom. The second-order valence-corrected chi connectivity index (χ2v) is 7.91. The number of aliphatic imine (C=N–C) groups is 1. The van der Waals surface area contributed by atoms with Crippen molar-refractivity contribution in [2.75, 3.05) is 51.7 Å². The molecule has 0 aliphatic carbocycles. The van der Waals surface area contributed by atoms with Crippen LogP contribution in [0.5, 0.6) is 0 Å². The molecule has 1 saturated heterocycles. The molecule has 1 fully saturated rings. The summed E-state index contributed by atoms with van der Waals surface area (Å²) in [6.45, 7) is 8.44. The average Bonchev–Trinajstić information content (AvgIpc) is 2.72. The number of aromatic nitrogens is 1. The first-order chi connectivity index (χ1) is 14.0. The predicted molar refractivity (Wildman–Crippen MR) is 122 cm³/mol. The van der Waals surface area contributed by atoms with Gasteiger partial charge in [0.25, 0.3) is 0 Å². The average molecular weight is 415 g/mol. The number of pyridine rings is 1. The van der Waals surface area contributed by atoms with Crippen LogP contribution in [0.1, 0.15) is 18.1 Å². The van der Waals surface area contributed by atoms with Crippen LogP contribution in [-0.2, 0) is 13.1 Å². The molecule has 156 valence electrons. The van der Waals surface area contributed by atoms with Crippen LogP contribution in [0.3, 0.4) is 0 Å². The van der Waals surface area contributed by atoms with Crippen LogP contribution in [0.25, 0.3) is 0 Å². The Kier molecular flexibility index (Phi) is 7.72. The summed E-state index contributed by atoms with van der Waals surface area (Å²) in [4.78, 5) is 16.2. The number of nitrogens with zero attached hydrogens (tertiary/aromatic N) is 5. The molecule has 3 rings (SSSR count). The van der Waals surface area contributed by atoms with E-state index in [-0.39, 0.29) is 0 Å². The molecule has 0 bridgehead atoms. The van der Waals surface area contributed by atoms with E-state index in [1.807, 2.05) is 37.5 Å². The van der Waals surface area contributed by atoms with Crippen molar-refractivity contribution in [1.29, 1.82) is 0 Å². The molecule has 29 heavy (non-hydrogen) atoms. The van der Waals surface area contributed by atoms with Crippen LogP contribution in [-0.4, -0.2) is 67.6 Å². The van der Waals surface area contributed by atoms with E-state index >= 15 is 0 Å². The monoisotopic (exact) mass is 414 g/mol. The van der Waals surface area contributed by atoms with E-state index < -0.39 is 0 Å². The van der Waals surface area contributed by atoms with Gasteiger partial charge >= 0.3 is 0 Å². The van der Waals surface area contributed by atoms with Gasteiger partial charge in [-0.1, -0.05) is 23.7 Å². The fourth-order valence-corrected chi connectivity index (χ4v) is 3.60. The molecule has 0 radical (unpaired) electrons. The maximum absolute atomic E-state index is 6.12. The highest BCUT2D eigenvalue weighted by Crippen LogP contribution is 2.16. The van der Waals surface area contributed by atoms with Crippen molar-refractivity contribution >= 4 is 23.4 Å². The lowest BCUT2D eigenvalue weighted by molar-refractivity contribution is 0.312. The Morgan fingerprint density at radius 2 is 1.97 bits per heavy atom. The number of hydrogen-bond acceptors (Lipinski definition) is 4. The molecule has 1 N–H and O–H groups in total. The Balaban J connectivity index is 1.67. The molecular formula is C22H31ClN6. The number of anilines is 1. The van der Waals surface area contributed by atoms with Gasteiger partial charge in [-0.3, -0.25) is 0 Å². The van der Waals surface area contributed by atoms with E-state index in [1.54, 1.807) is 0 Å². The zero-order valence-corrected chi connectivity index (χ0v) is 18.4. The first-order valence-electron chi connectivity index (χ1n) is 10.2. The predicted octanol–water partition coefficient (Wildman–Crippen LogP) is 3.08. The molecule has 6 nitrogen and oxygen atoms in total. The number of likely N-dealkylation sites (N-methyl/N-ethyl adjacent to an activating group) is 1. The van der Waals surface area contributed by atoms with E-state index in [4.69, 9.17) is 16.6 Å². The number of piperazine rings is 1. The first kappa shape index (κ1) is 21.4. The quantitative estimate of drug-likeness (QED) is 0.581. The molecule has 0 unspecified atom stereocenters. The van der Waals surface area contributed by atoms with Gasteiger partial charge in [-0.2, -0.15) is 0 Å². The molecule has 0 spiro atoms. The molecule has 2 aromatic rings. The lowest BCUT2D eigenvalue weighted by Gasteiger charge is -2.33. The third kappa shape index (κ3) is 6.34. The molecule has 0 atom stereocenters. The van der Waals surface area contributed by atoms with Gasteiger partial charge < -0.3 is 20.0 Å². The van der Waals surface area contributed by atoms with E-state index in [9.17, 15) is 0 Å². The van der Waals surface area contributed by atoms with Crippen LogP contribution >= 0.6 is 11.6 Å². The van der Waals surface area contributed by atoms with Crippen molar-refractivity contribution in [1.82, 2.24) is 20.1 Å². The number of nitrogens with one attached hydrogen (secondary N) is 1. The maximum atomic E-state index is 6.12. The Hall–Kier alpha value is -2.31. The van der Waals surface area contributed by atoms with Crippen LogP contribution in [0.15, 0.2) is 47.6 Å². The number of benzene rings is 1.